The molecule has 1 heterocycles. The molecule has 0 bridgehead atoms. The van der Waals surface area contributed by atoms with Gasteiger partial charge in [0.2, 0.25) is 0 Å². The predicted octanol–water partition coefficient (Wildman–Crippen LogP) is 14.4. The smallest absolute Gasteiger partial charge is 0.159 e. The summed E-state index contributed by atoms with van der Waals surface area (Å²) in [5.74, 6) is 0.403. The standard InChI is InChI=1S/C57H41NO/c1-38-32-34-43-44-35-33-42(58(41-22-9-4-10-23-41)53-30-17-25-46-45-24-11-16-31-54(45)59-55(46)53)37-52(44)57(51(43)36-38)49-28-14-12-26-47(49)56(39-18-5-2-6-19-39,40-20-7-3-8-21-40)48-27-13-15-29-50(48)57/h2-35,37-38H,36H2,1H3. The van der Waals surface area contributed by atoms with Crippen molar-refractivity contribution >= 4 is 44.6 Å². The Morgan fingerprint density at radius 2 is 1.05 bits per heavy atom. The van der Waals surface area contributed by atoms with Crippen LogP contribution in [-0.2, 0) is 10.8 Å². The molecular weight excluding hydrogens is 715 g/mol. The van der Waals surface area contributed by atoms with E-state index in [9.17, 15) is 0 Å². The van der Waals surface area contributed by atoms with Crippen molar-refractivity contribution in [3.8, 4) is 0 Å². The summed E-state index contributed by atoms with van der Waals surface area (Å²) in [6.45, 7) is 2.37. The maximum absolute atomic E-state index is 6.74. The van der Waals surface area contributed by atoms with Gasteiger partial charge in [-0.25, -0.2) is 0 Å². The number of nitrogens with zero attached hydrogens (tertiary/aromatic N) is 1. The molecular formula is C57H41NO. The van der Waals surface area contributed by atoms with Crippen LogP contribution in [0.25, 0.3) is 27.5 Å². The third-order valence-corrected chi connectivity index (χ3v) is 13.4. The van der Waals surface area contributed by atoms with Crippen molar-refractivity contribution in [2.24, 2.45) is 5.92 Å². The van der Waals surface area contributed by atoms with E-state index in [1.165, 1.54) is 55.7 Å². The van der Waals surface area contributed by atoms with E-state index in [0.717, 1.165) is 45.4 Å². The number of hydrogen-bond donors (Lipinski definition) is 0. The van der Waals surface area contributed by atoms with E-state index in [-0.39, 0.29) is 0 Å². The Morgan fingerprint density at radius 1 is 0.492 bits per heavy atom. The lowest BCUT2D eigenvalue weighted by molar-refractivity contribution is 0.572. The molecule has 0 saturated heterocycles. The molecule has 1 unspecified atom stereocenters. The van der Waals surface area contributed by atoms with Crippen molar-refractivity contribution in [3.05, 3.63) is 262 Å². The molecule has 1 atom stereocenters. The summed E-state index contributed by atoms with van der Waals surface area (Å²) in [7, 11) is 0. The van der Waals surface area contributed by atoms with Crippen LogP contribution in [0, 0.1) is 5.92 Å². The summed E-state index contributed by atoms with van der Waals surface area (Å²) < 4.78 is 6.74. The fourth-order valence-corrected chi connectivity index (χ4v) is 11.1. The second-order valence-corrected chi connectivity index (χ2v) is 16.4. The van der Waals surface area contributed by atoms with Crippen LogP contribution < -0.4 is 4.90 Å². The number of rotatable bonds is 5. The minimum Gasteiger partial charge on any atom is -0.454 e. The highest BCUT2D eigenvalue weighted by Gasteiger charge is 2.57. The van der Waals surface area contributed by atoms with Crippen LogP contribution in [0.1, 0.15) is 57.9 Å². The van der Waals surface area contributed by atoms with Crippen LogP contribution in [0.3, 0.4) is 0 Å². The predicted molar refractivity (Wildman–Crippen MR) is 243 cm³/mol. The number of para-hydroxylation sites is 3. The lowest BCUT2D eigenvalue weighted by Gasteiger charge is -2.51. The zero-order valence-corrected chi connectivity index (χ0v) is 32.8. The van der Waals surface area contributed by atoms with Crippen molar-refractivity contribution < 1.29 is 4.42 Å². The lowest BCUT2D eigenvalue weighted by Crippen LogP contribution is -2.45. The molecule has 3 aliphatic rings. The lowest BCUT2D eigenvalue weighted by atomic mass is 9.50. The number of allylic oxidation sites excluding steroid dienone is 4. The number of fused-ring (bicyclic) bond motifs is 11. The van der Waals surface area contributed by atoms with E-state index in [1.54, 1.807) is 0 Å². The number of furan rings is 1. The molecule has 280 valence electrons. The summed E-state index contributed by atoms with van der Waals surface area (Å²) in [5, 5.41) is 2.24. The quantitative estimate of drug-likeness (QED) is 0.174. The molecule has 0 fully saturated rings. The Labute approximate surface area is 345 Å². The van der Waals surface area contributed by atoms with Crippen molar-refractivity contribution in [1.82, 2.24) is 0 Å². The fourth-order valence-electron chi connectivity index (χ4n) is 11.1. The fraction of sp³-hybridized carbons (Fsp3) is 0.0877. The van der Waals surface area contributed by atoms with Gasteiger partial charge < -0.3 is 9.32 Å². The Morgan fingerprint density at radius 3 is 1.71 bits per heavy atom. The Balaban J connectivity index is 1.19. The molecule has 9 aromatic rings. The van der Waals surface area contributed by atoms with Crippen LogP contribution in [0.5, 0.6) is 0 Å². The first-order chi connectivity index (χ1) is 29.2. The van der Waals surface area contributed by atoms with Gasteiger partial charge in [-0.1, -0.05) is 183 Å². The maximum Gasteiger partial charge on any atom is 0.159 e. The van der Waals surface area contributed by atoms with E-state index in [1.807, 2.05) is 6.07 Å². The van der Waals surface area contributed by atoms with Crippen molar-refractivity contribution in [3.63, 3.8) is 0 Å². The molecule has 12 rings (SSSR count). The van der Waals surface area contributed by atoms with Crippen molar-refractivity contribution in [2.75, 3.05) is 4.90 Å². The van der Waals surface area contributed by atoms with Gasteiger partial charge in [0.15, 0.2) is 5.58 Å². The minimum absolute atomic E-state index is 0.403. The second kappa shape index (κ2) is 12.9. The highest BCUT2D eigenvalue weighted by molar-refractivity contribution is 6.10. The first kappa shape index (κ1) is 33.9. The van der Waals surface area contributed by atoms with Gasteiger partial charge in [0.1, 0.15) is 5.58 Å². The molecule has 1 aromatic heterocycles. The van der Waals surface area contributed by atoms with Gasteiger partial charge in [-0.05, 0) is 104 Å². The minimum atomic E-state index is -0.537. The molecule has 59 heavy (non-hydrogen) atoms. The van der Waals surface area contributed by atoms with Gasteiger partial charge in [-0.2, -0.15) is 0 Å². The number of hydrogen-bond acceptors (Lipinski definition) is 2. The summed E-state index contributed by atoms with van der Waals surface area (Å²) in [6, 6.07) is 74.0. The van der Waals surface area contributed by atoms with Crippen molar-refractivity contribution in [2.45, 2.75) is 24.2 Å². The van der Waals surface area contributed by atoms with Gasteiger partial charge >= 0.3 is 0 Å². The highest BCUT2D eigenvalue weighted by Crippen LogP contribution is 2.66. The first-order valence-electron chi connectivity index (χ1n) is 20.8. The topological polar surface area (TPSA) is 16.4 Å². The third kappa shape index (κ3) is 4.63. The molecule has 0 radical (unpaired) electrons. The van der Waals surface area contributed by atoms with E-state index in [0.29, 0.717) is 5.92 Å². The summed E-state index contributed by atoms with van der Waals surface area (Å²) >= 11 is 0. The Bertz CT molecular complexity index is 3060. The summed E-state index contributed by atoms with van der Waals surface area (Å²) in [5.41, 5.74) is 17.3. The molecule has 1 spiro atoms. The van der Waals surface area contributed by atoms with Crippen LogP contribution in [0.15, 0.2) is 222 Å². The average Bonchev–Trinajstić information content (AvgIpc) is 3.82. The largest absolute Gasteiger partial charge is 0.454 e. The van der Waals surface area contributed by atoms with Gasteiger partial charge in [0, 0.05) is 22.1 Å². The molecule has 2 heteroatoms. The molecule has 0 N–H and O–H groups in total. The zero-order chi connectivity index (χ0) is 39.1. The summed E-state index contributed by atoms with van der Waals surface area (Å²) in [4.78, 5) is 2.40. The molecule has 8 aromatic carbocycles. The van der Waals surface area contributed by atoms with Crippen LogP contribution in [-0.4, -0.2) is 0 Å². The normalized spacial score (nSPS) is 16.8. The van der Waals surface area contributed by atoms with Gasteiger partial charge in [-0.15, -0.1) is 0 Å². The average molecular weight is 756 g/mol. The van der Waals surface area contributed by atoms with E-state index in [2.05, 4.69) is 218 Å². The van der Waals surface area contributed by atoms with Crippen LogP contribution >= 0.6 is 0 Å². The van der Waals surface area contributed by atoms with Gasteiger partial charge in [0.25, 0.3) is 0 Å². The maximum atomic E-state index is 6.74. The second-order valence-electron chi connectivity index (χ2n) is 16.4. The first-order valence-corrected chi connectivity index (χ1v) is 20.8. The molecule has 0 saturated carbocycles. The molecule has 0 aliphatic heterocycles. The monoisotopic (exact) mass is 755 g/mol. The Kier molecular flexibility index (Phi) is 7.43. The Hall–Kier alpha value is -7.16. The number of anilines is 3. The molecule has 0 amide bonds. The molecule has 2 nitrogen and oxygen atoms in total. The summed E-state index contributed by atoms with van der Waals surface area (Å²) in [6.07, 6.45) is 5.80. The van der Waals surface area contributed by atoms with E-state index < -0.39 is 10.8 Å². The SMILES string of the molecule is CC1C=CC2=C(C1)C1(c3cc(N(c4ccccc4)c4cccc5c4oc4ccccc45)ccc32)c2ccccc2C(c2ccccc2)(c2ccccc2)c2ccccc21. The highest BCUT2D eigenvalue weighted by atomic mass is 16.3. The van der Waals surface area contributed by atoms with Crippen LogP contribution in [0.2, 0.25) is 0 Å². The van der Waals surface area contributed by atoms with E-state index >= 15 is 0 Å². The van der Waals surface area contributed by atoms with Crippen LogP contribution in [0.4, 0.5) is 17.1 Å². The zero-order valence-electron chi connectivity index (χ0n) is 32.8. The van der Waals surface area contributed by atoms with Crippen molar-refractivity contribution in [1.29, 1.82) is 0 Å². The van der Waals surface area contributed by atoms with E-state index in [4.69, 9.17) is 4.42 Å². The van der Waals surface area contributed by atoms with Gasteiger partial charge in [-0.3, -0.25) is 0 Å². The van der Waals surface area contributed by atoms with Gasteiger partial charge in [0.05, 0.1) is 16.5 Å². The number of benzene rings is 8. The molecule has 3 aliphatic carbocycles. The third-order valence-electron chi connectivity index (χ3n) is 13.4.